The Hall–Kier alpha value is -4.14. The number of carbonyl (C=O) groups is 3. The third kappa shape index (κ3) is 4.37. The van der Waals surface area contributed by atoms with Gasteiger partial charge in [0.1, 0.15) is 6.61 Å². The van der Waals surface area contributed by atoms with E-state index in [-0.39, 0.29) is 36.4 Å². The van der Waals surface area contributed by atoms with E-state index in [4.69, 9.17) is 9.84 Å². The highest BCUT2D eigenvalue weighted by Gasteiger charge is 2.34. The number of amides is 2. The molecular formula is C26H26N4O5. The predicted molar refractivity (Wildman–Crippen MR) is 128 cm³/mol. The number of nitrogens with zero attached hydrogens (tertiary/aromatic N) is 3. The summed E-state index contributed by atoms with van der Waals surface area (Å²) in [6, 6.07) is 15.8. The SMILES string of the molecule is Cn1cc(NC(=O)OCC2c3ccccc3-c3ccccc32)c(C(=O)N2CCCC2CC(=O)O)n1. The molecule has 1 fully saturated rings. The van der Waals surface area contributed by atoms with Crippen LogP contribution >= 0.6 is 0 Å². The van der Waals surface area contributed by atoms with Crippen molar-refractivity contribution in [3.05, 3.63) is 71.5 Å². The molecule has 1 aliphatic heterocycles. The van der Waals surface area contributed by atoms with Gasteiger partial charge < -0.3 is 14.7 Å². The monoisotopic (exact) mass is 474 g/mol. The highest BCUT2D eigenvalue weighted by atomic mass is 16.5. The second-order valence-electron chi connectivity index (χ2n) is 8.91. The summed E-state index contributed by atoms with van der Waals surface area (Å²) in [5.41, 5.74) is 4.79. The van der Waals surface area contributed by atoms with Gasteiger partial charge in [0.15, 0.2) is 5.69 Å². The minimum absolute atomic E-state index is 0.0679. The van der Waals surface area contributed by atoms with Crippen LogP contribution in [0.25, 0.3) is 11.1 Å². The van der Waals surface area contributed by atoms with Crippen molar-refractivity contribution in [1.29, 1.82) is 0 Å². The number of aliphatic carboxylic acids is 1. The van der Waals surface area contributed by atoms with Gasteiger partial charge in [0, 0.05) is 31.7 Å². The number of anilines is 1. The number of hydrogen-bond acceptors (Lipinski definition) is 5. The number of ether oxygens (including phenoxy) is 1. The molecule has 9 nitrogen and oxygen atoms in total. The zero-order valence-electron chi connectivity index (χ0n) is 19.3. The third-order valence-electron chi connectivity index (χ3n) is 6.66. The standard InChI is InChI=1S/C26H26N4O5/c1-29-14-22(24(28-29)25(33)30-12-6-7-16(30)13-23(31)32)27-26(34)35-15-21-19-10-4-2-8-17(19)18-9-3-5-11-20(18)21/h2-5,8-11,14,16,21H,6-7,12-13,15H2,1H3,(H,27,34)(H,31,32). The summed E-state index contributed by atoms with van der Waals surface area (Å²) in [4.78, 5) is 38.6. The van der Waals surface area contributed by atoms with Gasteiger partial charge in [-0.25, -0.2) is 4.79 Å². The second-order valence-corrected chi connectivity index (χ2v) is 8.91. The Balaban J connectivity index is 1.29. The van der Waals surface area contributed by atoms with Crippen molar-refractivity contribution < 1.29 is 24.2 Å². The van der Waals surface area contributed by atoms with Crippen LogP contribution in [-0.4, -0.2) is 57.0 Å². The van der Waals surface area contributed by atoms with Gasteiger partial charge in [-0.2, -0.15) is 5.10 Å². The lowest BCUT2D eigenvalue weighted by atomic mass is 9.98. The van der Waals surface area contributed by atoms with Gasteiger partial charge >= 0.3 is 12.1 Å². The molecule has 180 valence electrons. The molecule has 1 saturated heterocycles. The molecule has 2 aliphatic rings. The first-order chi connectivity index (χ1) is 16.9. The largest absolute Gasteiger partial charge is 0.481 e. The average Bonchev–Trinajstić information content (AvgIpc) is 3.53. The van der Waals surface area contributed by atoms with E-state index in [2.05, 4.69) is 22.5 Å². The van der Waals surface area contributed by atoms with Crippen LogP contribution in [-0.2, 0) is 16.6 Å². The zero-order chi connectivity index (χ0) is 24.5. The maximum absolute atomic E-state index is 13.2. The third-order valence-corrected chi connectivity index (χ3v) is 6.66. The van der Waals surface area contributed by atoms with Crippen molar-refractivity contribution in [1.82, 2.24) is 14.7 Å². The molecule has 1 aromatic heterocycles. The van der Waals surface area contributed by atoms with Crippen LogP contribution in [0.4, 0.5) is 10.5 Å². The Bertz CT molecular complexity index is 1250. The molecule has 1 unspecified atom stereocenters. The number of aromatic nitrogens is 2. The maximum atomic E-state index is 13.2. The lowest BCUT2D eigenvalue weighted by molar-refractivity contribution is -0.137. The number of rotatable bonds is 6. The van der Waals surface area contributed by atoms with E-state index < -0.39 is 18.0 Å². The van der Waals surface area contributed by atoms with Crippen LogP contribution in [0.15, 0.2) is 54.7 Å². The van der Waals surface area contributed by atoms with E-state index in [0.717, 1.165) is 28.7 Å². The summed E-state index contributed by atoms with van der Waals surface area (Å²) in [7, 11) is 1.65. The minimum atomic E-state index is -0.951. The fourth-order valence-corrected chi connectivity index (χ4v) is 5.14. The molecule has 0 spiro atoms. The van der Waals surface area contributed by atoms with Gasteiger partial charge in [0.2, 0.25) is 0 Å². The first kappa shape index (κ1) is 22.6. The molecular weight excluding hydrogens is 448 g/mol. The van der Waals surface area contributed by atoms with Gasteiger partial charge in [0.05, 0.1) is 12.1 Å². The number of carbonyl (C=O) groups excluding carboxylic acids is 2. The summed E-state index contributed by atoms with van der Waals surface area (Å²) < 4.78 is 7.04. The summed E-state index contributed by atoms with van der Waals surface area (Å²) >= 11 is 0. The van der Waals surface area contributed by atoms with Crippen LogP contribution in [0.1, 0.15) is 46.8 Å². The number of carboxylic acid groups (broad SMARTS) is 1. The number of benzene rings is 2. The normalized spacial score (nSPS) is 16.6. The van der Waals surface area contributed by atoms with E-state index in [0.29, 0.717) is 13.0 Å². The Morgan fingerprint density at radius 2 is 1.74 bits per heavy atom. The predicted octanol–water partition coefficient (Wildman–Crippen LogP) is 3.86. The Labute approximate surface area is 202 Å². The lowest BCUT2D eigenvalue weighted by Gasteiger charge is -2.23. The molecule has 2 N–H and O–H groups in total. The number of hydrogen-bond donors (Lipinski definition) is 2. The molecule has 0 radical (unpaired) electrons. The molecule has 1 atom stereocenters. The molecule has 35 heavy (non-hydrogen) atoms. The topological polar surface area (TPSA) is 114 Å². The number of aryl methyl sites for hydroxylation is 1. The Morgan fingerprint density at radius 1 is 1.09 bits per heavy atom. The van der Waals surface area contributed by atoms with Crippen molar-refractivity contribution in [2.75, 3.05) is 18.5 Å². The van der Waals surface area contributed by atoms with E-state index in [1.165, 1.54) is 15.8 Å². The van der Waals surface area contributed by atoms with E-state index >= 15 is 0 Å². The van der Waals surface area contributed by atoms with Crippen molar-refractivity contribution in [2.45, 2.75) is 31.2 Å². The van der Waals surface area contributed by atoms with Crippen LogP contribution in [0.2, 0.25) is 0 Å². The van der Waals surface area contributed by atoms with E-state index in [1.54, 1.807) is 7.05 Å². The fraction of sp³-hybridized carbons (Fsp3) is 0.308. The molecule has 5 rings (SSSR count). The molecule has 2 amide bonds. The first-order valence-electron chi connectivity index (χ1n) is 11.6. The van der Waals surface area contributed by atoms with E-state index in [1.807, 2.05) is 36.4 Å². The smallest absolute Gasteiger partial charge is 0.411 e. The number of likely N-dealkylation sites (tertiary alicyclic amines) is 1. The van der Waals surface area contributed by atoms with Gasteiger partial charge in [-0.05, 0) is 35.1 Å². The van der Waals surface area contributed by atoms with Crippen molar-refractivity contribution in [3.8, 4) is 11.1 Å². The summed E-state index contributed by atoms with van der Waals surface area (Å²) in [5, 5.41) is 16.0. The molecule has 2 aromatic carbocycles. The lowest BCUT2D eigenvalue weighted by Crippen LogP contribution is -2.37. The van der Waals surface area contributed by atoms with Crippen molar-refractivity contribution >= 4 is 23.7 Å². The molecule has 2 heterocycles. The maximum Gasteiger partial charge on any atom is 0.411 e. The van der Waals surface area contributed by atoms with Gasteiger partial charge in [0.25, 0.3) is 5.91 Å². The average molecular weight is 475 g/mol. The molecule has 0 bridgehead atoms. The van der Waals surface area contributed by atoms with Crippen LogP contribution < -0.4 is 5.32 Å². The summed E-state index contributed by atoms with van der Waals surface area (Å²) in [6.07, 6.45) is 2.09. The summed E-state index contributed by atoms with van der Waals surface area (Å²) in [6.45, 7) is 0.605. The van der Waals surface area contributed by atoms with Gasteiger partial charge in [-0.15, -0.1) is 0 Å². The fourth-order valence-electron chi connectivity index (χ4n) is 5.14. The Kier molecular flexibility index (Phi) is 5.98. The van der Waals surface area contributed by atoms with Crippen molar-refractivity contribution in [3.63, 3.8) is 0 Å². The number of carboxylic acids is 1. The number of fused-ring (bicyclic) bond motifs is 3. The van der Waals surface area contributed by atoms with Crippen LogP contribution in [0, 0.1) is 0 Å². The molecule has 3 aromatic rings. The quantitative estimate of drug-likeness (QED) is 0.561. The minimum Gasteiger partial charge on any atom is -0.481 e. The van der Waals surface area contributed by atoms with Crippen molar-refractivity contribution in [2.24, 2.45) is 7.05 Å². The highest BCUT2D eigenvalue weighted by molar-refractivity contribution is 6.01. The molecule has 0 saturated carbocycles. The zero-order valence-corrected chi connectivity index (χ0v) is 19.3. The highest BCUT2D eigenvalue weighted by Crippen LogP contribution is 2.44. The van der Waals surface area contributed by atoms with Crippen LogP contribution in [0.3, 0.4) is 0 Å². The molecule has 1 aliphatic carbocycles. The first-order valence-corrected chi connectivity index (χ1v) is 11.6. The van der Waals surface area contributed by atoms with Crippen LogP contribution in [0.5, 0.6) is 0 Å². The van der Waals surface area contributed by atoms with Gasteiger partial charge in [-0.3, -0.25) is 19.6 Å². The van der Waals surface area contributed by atoms with Gasteiger partial charge in [-0.1, -0.05) is 48.5 Å². The summed E-state index contributed by atoms with van der Waals surface area (Å²) in [5.74, 6) is -1.43. The Morgan fingerprint density at radius 3 is 2.40 bits per heavy atom. The number of nitrogens with one attached hydrogen (secondary N) is 1. The second kappa shape index (κ2) is 9.25. The molecule has 9 heteroatoms. The van der Waals surface area contributed by atoms with E-state index in [9.17, 15) is 14.4 Å².